The van der Waals surface area contributed by atoms with Gasteiger partial charge in [-0.25, -0.2) is 0 Å². The van der Waals surface area contributed by atoms with Crippen molar-refractivity contribution in [1.29, 1.82) is 0 Å². The molecule has 0 bridgehead atoms. The zero-order valence-corrected chi connectivity index (χ0v) is 12.8. The highest BCUT2D eigenvalue weighted by atomic mass is 16.3. The van der Waals surface area contributed by atoms with Crippen molar-refractivity contribution in [2.75, 3.05) is 6.54 Å². The second kappa shape index (κ2) is 4.75. The van der Waals surface area contributed by atoms with Gasteiger partial charge in [-0.05, 0) is 60.6 Å². The summed E-state index contributed by atoms with van der Waals surface area (Å²) in [5, 5.41) is 23.5. The Labute approximate surface area is 130 Å². The first kappa shape index (κ1) is 13.6. The molecule has 0 saturated carbocycles. The molecule has 0 radical (unpaired) electrons. The van der Waals surface area contributed by atoms with Crippen molar-refractivity contribution in [2.45, 2.75) is 37.6 Å². The lowest BCUT2D eigenvalue weighted by Gasteiger charge is -2.48. The molecule has 3 N–H and O–H groups in total. The van der Waals surface area contributed by atoms with Crippen LogP contribution in [-0.2, 0) is 11.8 Å². The third kappa shape index (κ3) is 1.78. The van der Waals surface area contributed by atoms with E-state index in [1.807, 2.05) is 0 Å². The van der Waals surface area contributed by atoms with Crippen LogP contribution < -0.4 is 5.32 Å². The van der Waals surface area contributed by atoms with Gasteiger partial charge in [-0.3, -0.25) is 0 Å². The van der Waals surface area contributed by atoms with Crippen molar-refractivity contribution in [3.8, 4) is 11.5 Å². The number of nitrogens with one attached hydrogen (secondary N) is 1. The molecular formula is C19H21NO2. The summed E-state index contributed by atoms with van der Waals surface area (Å²) in [5.74, 6) is -0.0448. The molecule has 1 heterocycles. The average Bonchev–Trinajstić information content (AvgIpc) is 2.75. The van der Waals surface area contributed by atoms with Crippen molar-refractivity contribution < 1.29 is 10.2 Å². The standard InChI is InChI=1S/C19H21NO2/c1-19-14-6-4-2-3-5-13(14)11-20-18(19)8-7-12-9-16(21)17(22)10-15(12)19/h3-6,9-10,18,20-22H,2,7-8,11H2,1H3. The molecule has 3 aliphatic rings. The second-order valence-electron chi connectivity index (χ2n) is 6.65. The van der Waals surface area contributed by atoms with Gasteiger partial charge >= 0.3 is 0 Å². The van der Waals surface area contributed by atoms with Gasteiger partial charge < -0.3 is 15.5 Å². The highest BCUT2D eigenvalue weighted by molar-refractivity contribution is 5.58. The minimum Gasteiger partial charge on any atom is -0.504 e. The van der Waals surface area contributed by atoms with Crippen molar-refractivity contribution in [2.24, 2.45) is 0 Å². The fourth-order valence-electron chi connectivity index (χ4n) is 4.29. The van der Waals surface area contributed by atoms with Crippen LogP contribution in [0.4, 0.5) is 0 Å². The summed E-state index contributed by atoms with van der Waals surface area (Å²) in [7, 11) is 0. The van der Waals surface area contributed by atoms with Gasteiger partial charge in [0, 0.05) is 18.0 Å². The fourth-order valence-corrected chi connectivity index (χ4v) is 4.29. The van der Waals surface area contributed by atoms with Gasteiger partial charge in [-0.1, -0.05) is 24.3 Å². The van der Waals surface area contributed by atoms with Crippen LogP contribution in [0.5, 0.6) is 11.5 Å². The number of rotatable bonds is 0. The van der Waals surface area contributed by atoms with E-state index in [0.717, 1.165) is 36.9 Å². The van der Waals surface area contributed by atoms with Crippen LogP contribution in [0.1, 0.15) is 30.9 Å². The molecule has 114 valence electrons. The van der Waals surface area contributed by atoms with Crippen molar-refractivity contribution in [1.82, 2.24) is 5.32 Å². The lowest BCUT2D eigenvalue weighted by molar-refractivity contribution is 0.312. The molecule has 1 aliphatic heterocycles. The number of benzene rings is 1. The maximum Gasteiger partial charge on any atom is 0.157 e. The number of hydrogen-bond acceptors (Lipinski definition) is 3. The molecule has 0 fully saturated rings. The van der Waals surface area contributed by atoms with Crippen LogP contribution in [0, 0.1) is 0 Å². The molecule has 4 rings (SSSR count). The Morgan fingerprint density at radius 3 is 2.77 bits per heavy atom. The molecule has 0 spiro atoms. The lowest BCUT2D eigenvalue weighted by Crippen LogP contribution is -2.54. The maximum absolute atomic E-state index is 10.0. The number of aryl methyl sites for hydroxylation is 1. The molecule has 0 amide bonds. The average molecular weight is 295 g/mol. The molecule has 2 unspecified atom stereocenters. The van der Waals surface area contributed by atoms with Crippen LogP contribution in [0.25, 0.3) is 0 Å². The first-order valence-electron chi connectivity index (χ1n) is 7.96. The highest BCUT2D eigenvalue weighted by Crippen LogP contribution is 2.49. The van der Waals surface area contributed by atoms with Gasteiger partial charge in [0.05, 0.1) is 0 Å². The normalized spacial score (nSPS) is 29.6. The van der Waals surface area contributed by atoms with E-state index in [2.05, 4.69) is 36.5 Å². The summed E-state index contributed by atoms with van der Waals surface area (Å²) >= 11 is 0. The molecule has 0 saturated heterocycles. The number of aromatic hydroxyl groups is 2. The minimum absolute atomic E-state index is 0.0184. The van der Waals surface area contributed by atoms with Crippen LogP contribution in [0.15, 0.2) is 47.6 Å². The summed E-state index contributed by atoms with van der Waals surface area (Å²) < 4.78 is 0. The summed E-state index contributed by atoms with van der Waals surface area (Å²) in [5.41, 5.74) is 4.78. The van der Waals surface area contributed by atoms with Gasteiger partial charge in [0.2, 0.25) is 0 Å². The van der Waals surface area contributed by atoms with Gasteiger partial charge in [0.1, 0.15) is 0 Å². The van der Waals surface area contributed by atoms with Crippen molar-refractivity contribution >= 4 is 0 Å². The largest absolute Gasteiger partial charge is 0.504 e. The number of allylic oxidation sites excluding steroid dienone is 3. The third-order valence-corrected chi connectivity index (χ3v) is 5.48. The zero-order valence-electron chi connectivity index (χ0n) is 12.8. The molecule has 22 heavy (non-hydrogen) atoms. The summed E-state index contributed by atoms with van der Waals surface area (Å²) in [6, 6.07) is 3.85. The Balaban J connectivity index is 1.97. The Morgan fingerprint density at radius 1 is 1.14 bits per heavy atom. The smallest absolute Gasteiger partial charge is 0.157 e. The number of hydrogen-bond donors (Lipinski definition) is 3. The number of fused-ring (bicyclic) bond motifs is 4. The van der Waals surface area contributed by atoms with Crippen LogP contribution >= 0.6 is 0 Å². The first-order chi connectivity index (χ1) is 10.6. The van der Waals surface area contributed by atoms with E-state index in [9.17, 15) is 10.2 Å². The summed E-state index contributed by atoms with van der Waals surface area (Å²) in [4.78, 5) is 0. The second-order valence-corrected chi connectivity index (χ2v) is 6.65. The fraction of sp³-hybridized carbons (Fsp3) is 0.368. The third-order valence-electron chi connectivity index (χ3n) is 5.48. The first-order valence-corrected chi connectivity index (χ1v) is 7.96. The molecule has 1 aromatic rings. The SMILES string of the molecule is CC12C3=C(C=CCC=C3)CNC1CCc1cc(O)c(O)cc12. The van der Waals surface area contributed by atoms with Gasteiger partial charge in [-0.2, -0.15) is 0 Å². The predicted molar refractivity (Wildman–Crippen MR) is 87.2 cm³/mol. The van der Waals surface area contributed by atoms with Crippen LogP contribution in [0.2, 0.25) is 0 Å². The van der Waals surface area contributed by atoms with E-state index < -0.39 is 0 Å². The van der Waals surface area contributed by atoms with Crippen LogP contribution in [-0.4, -0.2) is 22.8 Å². The van der Waals surface area contributed by atoms with E-state index in [4.69, 9.17) is 0 Å². The predicted octanol–water partition coefficient (Wildman–Crippen LogP) is 3.09. The molecule has 3 nitrogen and oxygen atoms in total. The van der Waals surface area contributed by atoms with Gasteiger partial charge in [0.15, 0.2) is 11.5 Å². The lowest BCUT2D eigenvalue weighted by atomic mass is 9.61. The van der Waals surface area contributed by atoms with Crippen molar-refractivity contribution in [3.63, 3.8) is 0 Å². The van der Waals surface area contributed by atoms with Gasteiger partial charge in [0.25, 0.3) is 0 Å². The Hall–Kier alpha value is -2.00. The van der Waals surface area contributed by atoms with Crippen LogP contribution in [0.3, 0.4) is 0 Å². The van der Waals surface area contributed by atoms with E-state index >= 15 is 0 Å². The van der Waals surface area contributed by atoms with Gasteiger partial charge in [-0.15, -0.1) is 0 Å². The molecular weight excluding hydrogens is 274 g/mol. The molecule has 0 aromatic heterocycles. The number of phenolic OH excluding ortho intramolecular Hbond substituents is 2. The van der Waals surface area contributed by atoms with E-state index in [0.29, 0.717) is 6.04 Å². The number of phenols is 2. The Morgan fingerprint density at radius 2 is 1.91 bits per heavy atom. The van der Waals surface area contributed by atoms with E-state index in [1.165, 1.54) is 11.1 Å². The van der Waals surface area contributed by atoms with E-state index in [-0.39, 0.29) is 16.9 Å². The topological polar surface area (TPSA) is 52.5 Å². The quantitative estimate of drug-likeness (QED) is 0.645. The Kier molecular flexibility index (Phi) is 2.95. The highest BCUT2D eigenvalue weighted by Gasteiger charge is 2.45. The molecule has 1 aromatic carbocycles. The zero-order chi connectivity index (χ0) is 15.3. The van der Waals surface area contributed by atoms with Crippen molar-refractivity contribution in [3.05, 3.63) is 58.7 Å². The maximum atomic E-state index is 10.0. The Bertz CT molecular complexity index is 729. The minimum atomic E-state index is -0.169. The molecule has 2 aliphatic carbocycles. The molecule has 2 atom stereocenters. The monoisotopic (exact) mass is 295 g/mol. The summed E-state index contributed by atoms with van der Waals surface area (Å²) in [6.45, 7) is 3.16. The molecule has 3 heteroatoms. The van der Waals surface area contributed by atoms with E-state index in [1.54, 1.807) is 12.1 Å². The summed E-state index contributed by atoms with van der Waals surface area (Å²) in [6.07, 6.45) is 11.8.